The zero-order chi connectivity index (χ0) is 9.52. The van der Waals surface area contributed by atoms with Gasteiger partial charge in [0.15, 0.2) is 0 Å². The van der Waals surface area contributed by atoms with E-state index in [1.54, 1.807) is 0 Å². The minimum Gasteiger partial charge on any atom is -0.379 e. The molecule has 2 heteroatoms. The van der Waals surface area contributed by atoms with E-state index in [9.17, 15) is 0 Å². The third-order valence-electron chi connectivity index (χ3n) is 2.53. The van der Waals surface area contributed by atoms with Crippen LogP contribution in [0.15, 0.2) is 0 Å². The average molecular weight is 186 g/mol. The quantitative estimate of drug-likeness (QED) is 0.657. The predicted molar refractivity (Wildman–Crippen MR) is 53.9 cm³/mol. The molecule has 0 aliphatic heterocycles. The van der Waals surface area contributed by atoms with Gasteiger partial charge in [0, 0.05) is 6.61 Å². The number of hydrogen-bond donors (Lipinski definition) is 0. The van der Waals surface area contributed by atoms with Gasteiger partial charge in [0.2, 0.25) is 0 Å². The summed E-state index contributed by atoms with van der Waals surface area (Å²) >= 11 is 0. The van der Waals surface area contributed by atoms with Gasteiger partial charge < -0.3 is 9.47 Å². The molecule has 2 nitrogen and oxygen atoms in total. The molecule has 1 saturated carbocycles. The Labute approximate surface area is 81.6 Å². The highest BCUT2D eigenvalue weighted by Gasteiger charge is 2.16. The van der Waals surface area contributed by atoms with Crippen molar-refractivity contribution in [2.75, 3.05) is 13.2 Å². The zero-order valence-corrected chi connectivity index (χ0v) is 8.92. The van der Waals surface area contributed by atoms with Crippen LogP contribution in [-0.2, 0) is 9.47 Å². The van der Waals surface area contributed by atoms with Gasteiger partial charge in [-0.1, -0.05) is 19.3 Å². The second-order valence-corrected chi connectivity index (χ2v) is 3.87. The molecule has 78 valence electrons. The molecule has 0 bridgehead atoms. The lowest BCUT2D eigenvalue weighted by Crippen LogP contribution is -2.25. The first-order chi connectivity index (χ1) is 6.33. The summed E-state index contributed by atoms with van der Waals surface area (Å²) in [6.45, 7) is 5.66. The van der Waals surface area contributed by atoms with Crippen LogP contribution in [0.3, 0.4) is 0 Å². The molecule has 0 N–H and O–H groups in total. The molecule has 13 heavy (non-hydrogen) atoms. The highest BCUT2D eigenvalue weighted by Crippen LogP contribution is 2.21. The molecule has 0 saturated heterocycles. The number of rotatable bonds is 5. The Kier molecular flexibility index (Phi) is 5.40. The van der Waals surface area contributed by atoms with E-state index in [-0.39, 0.29) is 6.10 Å². The van der Waals surface area contributed by atoms with Crippen molar-refractivity contribution in [1.82, 2.24) is 0 Å². The van der Waals surface area contributed by atoms with Crippen molar-refractivity contribution in [3.63, 3.8) is 0 Å². The Balaban J connectivity index is 2.07. The summed E-state index contributed by atoms with van der Waals surface area (Å²) in [5.41, 5.74) is 0. The van der Waals surface area contributed by atoms with Crippen LogP contribution in [-0.4, -0.2) is 25.4 Å². The van der Waals surface area contributed by atoms with Gasteiger partial charge in [-0.25, -0.2) is 0 Å². The molecule has 0 aromatic heterocycles. The molecule has 1 aliphatic carbocycles. The van der Waals surface area contributed by atoms with E-state index in [2.05, 4.69) is 6.92 Å². The summed E-state index contributed by atoms with van der Waals surface area (Å²) in [7, 11) is 0. The SMILES string of the molecule is CCOCC(C)OC1CCCCC1. The molecule has 0 amide bonds. The first-order valence-corrected chi connectivity index (χ1v) is 5.56. The van der Waals surface area contributed by atoms with Crippen molar-refractivity contribution in [3.05, 3.63) is 0 Å². The van der Waals surface area contributed by atoms with Crippen LogP contribution in [0.5, 0.6) is 0 Å². The molecule has 1 unspecified atom stereocenters. The normalized spacial score (nSPS) is 21.7. The molecule has 1 rings (SSSR count). The third kappa shape index (κ3) is 4.63. The Morgan fingerprint density at radius 3 is 2.54 bits per heavy atom. The first kappa shape index (κ1) is 11.0. The Morgan fingerprint density at radius 2 is 1.92 bits per heavy atom. The molecular weight excluding hydrogens is 164 g/mol. The van der Waals surface area contributed by atoms with Crippen LogP contribution in [0.1, 0.15) is 46.0 Å². The minimum atomic E-state index is 0.267. The van der Waals surface area contributed by atoms with Gasteiger partial charge in [0.25, 0.3) is 0 Å². The lowest BCUT2D eigenvalue weighted by Gasteiger charge is -2.25. The first-order valence-electron chi connectivity index (χ1n) is 5.56. The van der Waals surface area contributed by atoms with Gasteiger partial charge in [-0.3, -0.25) is 0 Å². The van der Waals surface area contributed by atoms with Gasteiger partial charge >= 0.3 is 0 Å². The molecule has 0 spiro atoms. The summed E-state index contributed by atoms with van der Waals surface area (Å²) in [4.78, 5) is 0. The van der Waals surface area contributed by atoms with Gasteiger partial charge in [0.05, 0.1) is 18.8 Å². The van der Waals surface area contributed by atoms with Crippen LogP contribution >= 0.6 is 0 Å². The second-order valence-electron chi connectivity index (χ2n) is 3.87. The van der Waals surface area contributed by atoms with E-state index in [1.165, 1.54) is 32.1 Å². The molecular formula is C11H22O2. The standard InChI is InChI=1S/C11H22O2/c1-3-12-9-10(2)13-11-7-5-4-6-8-11/h10-11H,3-9H2,1-2H3. The van der Waals surface area contributed by atoms with Gasteiger partial charge in [-0.05, 0) is 26.7 Å². The lowest BCUT2D eigenvalue weighted by molar-refractivity contribution is -0.0582. The lowest BCUT2D eigenvalue weighted by atomic mass is 9.98. The highest BCUT2D eigenvalue weighted by molar-refractivity contribution is 4.66. The van der Waals surface area contributed by atoms with Crippen LogP contribution in [0.4, 0.5) is 0 Å². The van der Waals surface area contributed by atoms with E-state index >= 15 is 0 Å². The monoisotopic (exact) mass is 186 g/mol. The third-order valence-corrected chi connectivity index (χ3v) is 2.53. The number of ether oxygens (including phenoxy) is 2. The molecule has 1 atom stereocenters. The largest absolute Gasteiger partial charge is 0.379 e. The summed E-state index contributed by atoms with van der Waals surface area (Å²) in [6.07, 6.45) is 7.33. The van der Waals surface area contributed by atoms with Gasteiger partial charge in [0.1, 0.15) is 0 Å². The van der Waals surface area contributed by atoms with Crippen molar-refractivity contribution in [2.24, 2.45) is 0 Å². The van der Waals surface area contributed by atoms with Crippen molar-refractivity contribution in [1.29, 1.82) is 0 Å². The Morgan fingerprint density at radius 1 is 1.23 bits per heavy atom. The smallest absolute Gasteiger partial charge is 0.0784 e. The topological polar surface area (TPSA) is 18.5 Å². The van der Waals surface area contributed by atoms with Gasteiger partial charge in [-0.15, -0.1) is 0 Å². The minimum absolute atomic E-state index is 0.267. The van der Waals surface area contributed by atoms with Gasteiger partial charge in [-0.2, -0.15) is 0 Å². The van der Waals surface area contributed by atoms with E-state index in [4.69, 9.17) is 9.47 Å². The average Bonchev–Trinajstić information content (AvgIpc) is 2.16. The van der Waals surface area contributed by atoms with Crippen LogP contribution in [0, 0.1) is 0 Å². The summed E-state index contributed by atoms with van der Waals surface area (Å²) < 4.78 is 11.2. The van der Waals surface area contributed by atoms with E-state index in [0.29, 0.717) is 6.10 Å². The molecule has 1 fully saturated rings. The maximum absolute atomic E-state index is 5.87. The Hall–Kier alpha value is -0.0800. The fourth-order valence-electron chi connectivity index (χ4n) is 1.85. The fourth-order valence-corrected chi connectivity index (χ4v) is 1.85. The molecule has 0 radical (unpaired) electrons. The maximum atomic E-state index is 5.87. The van der Waals surface area contributed by atoms with Crippen LogP contribution in [0.25, 0.3) is 0 Å². The fraction of sp³-hybridized carbons (Fsp3) is 1.00. The van der Waals surface area contributed by atoms with Crippen molar-refractivity contribution in [2.45, 2.75) is 58.2 Å². The zero-order valence-electron chi connectivity index (χ0n) is 8.92. The predicted octanol–water partition coefficient (Wildman–Crippen LogP) is 2.76. The second kappa shape index (κ2) is 6.39. The van der Waals surface area contributed by atoms with Crippen LogP contribution in [0.2, 0.25) is 0 Å². The van der Waals surface area contributed by atoms with Crippen molar-refractivity contribution < 1.29 is 9.47 Å². The van der Waals surface area contributed by atoms with E-state index < -0.39 is 0 Å². The van der Waals surface area contributed by atoms with E-state index in [0.717, 1.165) is 13.2 Å². The molecule has 0 heterocycles. The van der Waals surface area contributed by atoms with Crippen molar-refractivity contribution >= 4 is 0 Å². The summed E-state index contributed by atoms with van der Waals surface area (Å²) in [5.74, 6) is 0. The molecule has 1 aliphatic rings. The Bertz CT molecular complexity index is 119. The van der Waals surface area contributed by atoms with Crippen molar-refractivity contribution in [3.8, 4) is 0 Å². The summed E-state index contributed by atoms with van der Waals surface area (Å²) in [6, 6.07) is 0. The summed E-state index contributed by atoms with van der Waals surface area (Å²) in [5, 5.41) is 0. The highest BCUT2D eigenvalue weighted by atomic mass is 16.5. The van der Waals surface area contributed by atoms with Crippen LogP contribution < -0.4 is 0 Å². The maximum Gasteiger partial charge on any atom is 0.0784 e. The molecule has 0 aromatic carbocycles. The molecule has 0 aromatic rings. The van der Waals surface area contributed by atoms with E-state index in [1.807, 2.05) is 6.92 Å². The number of hydrogen-bond acceptors (Lipinski definition) is 2.